The van der Waals surface area contributed by atoms with E-state index in [1.807, 2.05) is 6.07 Å². The minimum atomic E-state index is -0.316. The van der Waals surface area contributed by atoms with E-state index < -0.39 is 0 Å². The van der Waals surface area contributed by atoms with Crippen LogP contribution in [0.3, 0.4) is 0 Å². The number of carbonyl (C=O) groups is 2. The second-order valence-electron chi connectivity index (χ2n) is 5.91. The Morgan fingerprint density at radius 2 is 2.08 bits per heavy atom. The molecule has 2 aromatic rings. The molecule has 0 fully saturated rings. The number of amides is 1. The van der Waals surface area contributed by atoms with Crippen molar-refractivity contribution < 1.29 is 14.3 Å². The zero-order chi connectivity index (χ0) is 16.9. The van der Waals surface area contributed by atoms with Crippen LogP contribution in [0.25, 0.3) is 0 Å². The third kappa shape index (κ3) is 4.57. The van der Waals surface area contributed by atoms with E-state index in [4.69, 9.17) is 4.74 Å². The lowest BCUT2D eigenvalue weighted by atomic mass is 10.1. The molecule has 0 bridgehead atoms. The van der Waals surface area contributed by atoms with E-state index in [2.05, 4.69) is 17.2 Å². The number of unbranched alkanes of at least 4 members (excludes halogenated alkanes) is 2. The summed E-state index contributed by atoms with van der Waals surface area (Å²) in [6, 6.07) is 8.83. The molecule has 3 rings (SSSR count). The first kappa shape index (κ1) is 18.9. The van der Waals surface area contributed by atoms with Crippen molar-refractivity contribution in [2.24, 2.45) is 0 Å². The summed E-state index contributed by atoms with van der Waals surface area (Å²) in [4.78, 5) is 28.0. The second kappa shape index (κ2) is 8.62. The van der Waals surface area contributed by atoms with Crippen molar-refractivity contribution in [1.29, 1.82) is 0 Å². The van der Waals surface area contributed by atoms with Gasteiger partial charge in [0.05, 0.1) is 5.56 Å². The SMILES string of the molecule is CCCCCc1ccc(C(=O)Nc2ccc3c(c2)COC3=O)nc1.Cl. The van der Waals surface area contributed by atoms with Crippen LogP contribution in [0.1, 0.15) is 58.2 Å². The Labute approximate surface area is 153 Å². The van der Waals surface area contributed by atoms with E-state index in [-0.39, 0.29) is 30.9 Å². The molecule has 0 aliphatic carbocycles. The molecule has 2 heterocycles. The number of cyclic esters (lactones) is 1. The van der Waals surface area contributed by atoms with Crippen molar-refractivity contribution in [3.8, 4) is 0 Å². The number of fused-ring (bicyclic) bond motifs is 1. The fourth-order valence-electron chi connectivity index (χ4n) is 2.69. The van der Waals surface area contributed by atoms with Crippen LogP contribution in [0, 0.1) is 0 Å². The van der Waals surface area contributed by atoms with Gasteiger partial charge < -0.3 is 10.1 Å². The van der Waals surface area contributed by atoms with Gasteiger partial charge in [-0.1, -0.05) is 25.8 Å². The van der Waals surface area contributed by atoms with Gasteiger partial charge in [0.2, 0.25) is 0 Å². The van der Waals surface area contributed by atoms with Gasteiger partial charge in [0, 0.05) is 17.4 Å². The van der Waals surface area contributed by atoms with Gasteiger partial charge in [-0.2, -0.15) is 0 Å². The Hall–Kier alpha value is -2.40. The largest absolute Gasteiger partial charge is 0.457 e. The lowest BCUT2D eigenvalue weighted by Crippen LogP contribution is -2.14. The number of nitrogens with one attached hydrogen (secondary N) is 1. The molecule has 0 unspecified atom stereocenters. The van der Waals surface area contributed by atoms with Gasteiger partial charge >= 0.3 is 5.97 Å². The summed E-state index contributed by atoms with van der Waals surface area (Å²) in [6.07, 6.45) is 6.28. The minimum absolute atomic E-state index is 0. The molecule has 0 spiro atoms. The first-order valence-electron chi connectivity index (χ1n) is 8.23. The number of nitrogens with zero attached hydrogens (tertiary/aromatic N) is 1. The molecule has 5 nitrogen and oxygen atoms in total. The number of ether oxygens (including phenoxy) is 1. The highest BCUT2D eigenvalue weighted by Gasteiger charge is 2.21. The van der Waals surface area contributed by atoms with Crippen molar-refractivity contribution in [1.82, 2.24) is 4.98 Å². The second-order valence-corrected chi connectivity index (χ2v) is 5.91. The predicted octanol–water partition coefficient (Wildman–Crippen LogP) is 4.16. The fourth-order valence-corrected chi connectivity index (χ4v) is 2.69. The van der Waals surface area contributed by atoms with Crippen molar-refractivity contribution >= 4 is 30.0 Å². The van der Waals surface area contributed by atoms with Gasteiger partial charge in [0.25, 0.3) is 5.91 Å². The summed E-state index contributed by atoms with van der Waals surface area (Å²) < 4.78 is 4.96. The van der Waals surface area contributed by atoms with Gasteiger partial charge in [-0.25, -0.2) is 4.79 Å². The maximum atomic E-state index is 12.3. The topological polar surface area (TPSA) is 68.3 Å². The van der Waals surface area contributed by atoms with Gasteiger partial charge in [-0.3, -0.25) is 9.78 Å². The number of carbonyl (C=O) groups excluding carboxylic acids is 2. The van der Waals surface area contributed by atoms with Gasteiger partial charge in [-0.05, 0) is 42.7 Å². The Morgan fingerprint density at radius 1 is 1.24 bits per heavy atom. The van der Waals surface area contributed by atoms with E-state index in [9.17, 15) is 9.59 Å². The average molecular weight is 361 g/mol. The van der Waals surface area contributed by atoms with Crippen molar-refractivity contribution in [2.75, 3.05) is 5.32 Å². The van der Waals surface area contributed by atoms with E-state index in [0.29, 0.717) is 16.9 Å². The van der Waals surface area contributed by atoms with Crippen LogP contribution in [0.4, 0.5) is 5.69 Å². The number of rotatable bonds is 6. The number of hydrogen-bond acceptors (Lipinski definition) is 4. The summed E-state index contributed by atoms with van der Waals surface area (Å²) in [6.45, 7) is 2.43. The van der Waals surface area contributed by atoms with E-state index in [1.54, 1.807) is 30.5 Å². The Morgan fingerprint density at radius 3 is 2.80 bits per heavy atom. The highest BCUT2D eigenvalue weighted by Crippen LogP contribution is 2.23. The molecule has 0 saturated carbocycles. The fraction of sp³-hybridized carbons (Fsp3) is 0.316. The third-order valence-corrected chi connectivity index (χ3v) is 4.07. The van der Waals surface area contributed by atoms with Crippen LogP contribution in [0.5, 0.6) is 0 Å². The van der Waals surface area contributed by atoms with E-state index >= 15 is 0 Å². The number of aromatic nitrogens is 1. The number of hydrogen-bond donors (Lipinski definition) is 1. The normalized spacial score (nSPS) is 12.1. The van der Waals surface area contributed by atoms with Gasteiger partial charge in [0.15, 0.2) is 0 Å². The highest BCUT2D eigenvalue weighted by atomic mass is 35.5. The maximum Gasteiger partial charge on any atom is 0.338 e. The number of halogens is 1. The summed E-state index contributed by atoms with van der Waals surface area (Å²) in [7, 11) is 0. The first-order valence-corrected chi connectivity index (χ1v) is 8.23. The number of pyridine rings is 1. The van der Waals surface area contributed by atoms with E-state index in [0.717, 1.165) is 24.0 Å². The van der Waals surface area contributed by atoms with Crippen LogP contribution in [0.2, 0.25) is 0 Å². The molecule has 1 amide bonds. The maximum absolute atomic E-state index is 12.3. The number of anilines is 1. The van der Waals surface area contributed by atoms with E-state index in [1.165, 1.54) is 12.8 Å². The molecule has 1 aromatic carbocycles. The average Bonchev–Trinajstić information content (AvgIpc) is 2.96. The van der Waals surface area contributed by atoms with Gasteiger partial charge in [-0.15, -0.1) is 12.4 Å². The molecule has 0 atom stereocenters. The zero-order valence-electron chi connectivity index (χ0n) is 14.1. The zero-order valence-corrected chi connectivity index (χ0v) is 14.9. The van der Waals surface area contributed by atoms with Crippen molar-refractivity contribution in [3.05, 3.63) is 58.9 Å². The standard InChI is InChI=1S/C19H20N2O3.ClH/c1-2-3-4-5-13-6-9-17(20-11-13)18(22)21-15-7-8-16-14(10-15)12-24-19(16)23;/h6-11H,2-5,12H2,1H3,(H,21,22);1H. The van der Waals surface area contributed by atoms with Crippen LogP contribution >= 0.6 is 12.4 Å². The Kier molecular flexibility index (Phi) is 6.53. The Balaban J connectivity index is 0.00000225. The first-order chi connectivity index (χ1) is 11.7. The molecule has 1 N–H and O–H groups in total. The summed E-state index contributed by atoms with van der Waals surface area (Å²) in [5, 5.41) is 2.81. The molecule has 132 valence electrons. The third-order valence-electron chi connectivity index (χ3n) is 4.07. The van der Waals surface area contributed by atoms with Crippen LogP contribution in [-0.2, 0) is 17.8 Å². The van der Waals surface area contributed by atoms with Crippen LogP contribution in [0.15, 0.2) is 36.5 Å². The molecule has 25 heavy (non-hydrogen) atoms. The van der Waals surface area contributed by atoms with Crippen LogP contribution < -0.4 is 5.32 Å². The lowest BCUT2D eigenvalue weighted by Gasteiger charge is -2.07. The Bertz CT molecular complexity index is 760. The smallest absolute Gasteiger partial charge is 0.338 e. The predicted molar refractivity (Wildman–Crippen MR) is 98.2 cm³/mol. The van der Waals surface area contributed by atoms with Crippen molar-refractivity contribution in [3.63, 3.8) is 0 Å². The molecular formula is C19H21ClN2O3. The molecular weight excluding hydrogens is 340 g/mol. The minimum Gasteiger partial charge on any atom is -0.457 e. The lowest BCUT2D eigenvalue weighted by molar-refractivity contribution is 0.0535. The molecule has 6 heteroatoms. The number of benzene rings is 1. The molecule has 1 aromatic heterocycles. The molecule has 0 saturated heterocycles. The summed E-state index contributed by atoms with van der Waals surface area (Å²) in [5.74, 6) is -0.580. The monoisotopic (exact) mass is 360 g/mol. The number of aryl methyl sites for hydroxylation is 1. The summed E-state index contributed by atoms with van der Waals surface area (Å²) in [5.41, 5.74) is 3.50. The highest BCUT2D eigenvalue weighted by molar-refractivity contribution is 6.03. The molecule has 0 radical (unpaired) electrons. The van der Waals surface area contributed by atoms with Gasteiger partial charge in [0.1, 0.15) is 12.3 Å². The van der Waals surface area contributed by atoms with Crippen LogP contribution in [-0.4, -0.2) is 16.9 Å². The quantitative estimate of drug-likeness (QED) is 0.620. The molecule has 1 aliphatic rings. The van der Waals surface area contributed by atoms with Crippen molar-refractivity contribution in [2.45, 2.75) is 39.2 Å². The number of esters is 1. The summed E-state index contributed by atoms with van der Waals surface area (Å²) >= 11 is 0. The molecule has 1 aliphatic heterocycles.